The number of nitrogens with one attached hydrogen (secondary N) is 1. The molecular weight excluding hydrogens is 662 g/mol. The van der Waals surface area contributed by atoms with Crippen LogP contribution in [0.4, 0.5) is 0 Å². The summed E-state index contributed by atoms with van der Waals surface area (Å²) < 4.78 is 38.5. The third-order valence-corrected chi connectivity index (χ3v) is 8.61. The molecule has 9 unspecified atom stereocenters. The Labute approximate surface area is 272 Å². The van der Waals surface area contributed by atoms with Gasteiger partial charge in [0.15, 0.2) is 25.2 Å². The van der Waals surface area contributed by atoms with Crippen LogP contribution >= 0.6 is 0 Å². The summed E-state index contributed by atoms with van der Waals surface area (Å²) in [5.74, 6) is -0.755. The van der Waals surface area contributed by atoms with Gasteiger partial charge in [0, 0.05) is 6.92 Å². The molecular formula is C26H45NO21. The summed E-state index contributed by atoms with van der Waals surface area (Å²) in [4.78, 5) is 12.2. The summed E-state index contributed by atoms with van der Waals surface area (Å²) in [7, 11) is 0. The van der Waals surface area contributed by atoms with Crippen molar-refractivity contribution >= 4 is 5.91 Å². The van der Waals surface area contributed by atoms with Crippen molar-refractivity contribution in [1.29, 1.82) is 0 Å². The lowest BCUT2D eigenvalue weighted by atomic mass is 9.94. The van der Waals surface area contributed by atoms with E-state index in [1.807, 2.05) is 0 Å². The first-order chi connectivity index (χ1) is 22.7. The molecule has 0 bridgehead atoms. The predicted octanol–water partition coefficient (Wildman–Crippen LogP) is -9.61. The molecule has 0 aromatic rings. The lowest BCUT2D eigenvalue weighted by Crippen LogP contribution is -2.69. The van der Waals surface area contributed by atoms with E-state index in [1.54, 1.807) is 0 Å². The average Bonchev–Trinajstić information content (AvgIpc) is 3.06. The maximum absolute atomic E-state index is 12.2. The molecule has 48 heavy (non-hydrogen) atoms. The number of hydrogen-bond acceptors (Lipinski definition) is 21. The minimum Gasteiger partial charge on any atom is -0.394 e. The zero-order valence-electron chi connectivity index (χ0n) is 25.5. The van der Waals surface area contributed by atoms with E-state index in [4.69, 9.17) is 33.2 Å². The Kier molecular flexibility index (Phi) is 13.8. The normalized spacial score (nSPS) is 50.2. The first-order valence-corrected chi connectivity index (χ1v) is 15.1. The minimum atomic E-state index is -2.02. The lowest BCUT2D eigenvalue weighted by molar-refractivity contribution is -0.380. The van der Waals surface area contributed by atoms with Gasteiger partial charge in [-0.1, -0.05) is 0 Å². The number of carbonyl (C=O) groups is 1. The van der Waals surface area contributed by atoms with E-state index in [2.05, 4.69) is 5.32 Å². The minimum absolute atomic E-state index is 0.755. The van der Waals surface area contributed by atoms with Crippen LogP contribution in [0.2, 0.25) is 0 Å². The molecule has 4 saturated heterocycles. The number of aliphatic hydroxyl groups excluding tert-OH is 13. The summed E-state index contributed by atoms with van der Waals surface area (Å²) >= 11 is 0. The molecule has 1 amide bonds. The zero-order valence-corrected chi connectivity index (χ0v) is 25.5. The second kappa shape index (κ2) is 16.8. The van der Waals surface area contributed by atoms with Crippen molar-refractivity contribution in [3.8, 4) is 0 Å². The Morgan fingerprint density at radius 1 is 0.500 bits per heavy atom. The summed E-state index contributed by atoms with van der Waals surface area (Å²) in [5, 5.41) is 136. The van der Waals surface area contributed by atoms with Crippen LogP contribution in [0.1, 0.15) is 6.92 Å². The van der Waals surface area contributed by atoms with Gasteiger partial charge in [0.05, 0.1) is 26.4 Å². The van der Waals surface area contributed by atoms with E-state index in [1.165, 1.54) is 0 Å². The fourth-order valence-corrected chi connectivity index (χ4v) is 5.95. The van der Waals surface area contributed by atoms with Crippen molar-refractivity contribution < 1.29 is 104 Å². The molecule has 0 saturated carbocycles. The SMILES string of the molecule is CC(=O)NC1[C@H](O[C@@H]2C(O)[C@H](O[C@@H]3C(CO)OC(O)C(O)[C@H]3O)OC(CO)[C@@H]2O)OC(CO)[C@@H](O[C@@H]2OC(CO)[C@H](O)[C@H](O)C2O)[C@@H]1O. The monoisotopic (exact) mass is 707 g/mol. The van der Waals surface area contributed by atoms with E-state index < -0.39 is 155 Å². The van der Waals surface area contributed by atoms with E-state index in [0.717, 1.165) is 6.92 Å². The highest BCUT2D eigenvalue weighted by Crippen LogP contribution is 2.34. The van der Waals surface area contributed by atoms with Gasteiger partial charge in [0.25, 0.3) is 0 Å². The average molecular weight is 708 g/mol. The molecule has 4 heterocycles. The van der Waals surface area contributed by atoms with E-state index in [9.17, 15) is 71.2 Å². The molecule has 0 aromatic heterocycles. The Balaban J connectivity index is 1.56. The van der Waals surface area contributed by atoms with Gasteiger partial charge in [-0.25, -0.2) is 0 Å². The van der Waals surface area contributed by atoms with Crippen LogP contribution in [-0.2, 0) is 38.0 Å². The van der Waals surface area contributed by atoms with Crippen LogP contribution in [0, 0.1) is 0 Å². The number of amides is 1. The van der Waals surface area contributed by atoms with E-state index in [-0.39, 0.29) is 0 Å². The molecule has 0 aromatic carbocycles. The van der Waals surface area contributed by atoms with Crippen LogP contribution in [0.5, 0.6) is 0 Å². The molecule has 22 heteroatoms. The molecule has 20 atom stereocenters. The second-order valence-corrected chi connectivity index (χ2v) is 11.9. The smallest absolute Gasteiger partial charge is 0.217 e. The van der Waals surface area contributed by atoms with Gasteiger partial charge >= 0.3 is 0 Å². The summed E-state index contributed by atoms with van der Waals surface area (Å²) in [6, 6.07) is -1.61. The topological polar surface area (TPSA) is 357 Å². The Bertz CT molecular complexity index is 1030. The third-order valence-electron chi connectivity index (χ3n) is 8.61. The van der Waals surface area contributed by atoms with Crippen LogP contribution in [0.25, 0.3) is 0 Å². The largest absolute Gasteiger partial charge is 0.394 e. The maximum Gasteiger partial charge on any atom is 0.217 e. The van der Waals surface area contributed by atoms with Gasteiger partial charge < -0.3 is 105 Å². The van der Waals surface area contributed by atoms with Crippen molar-refractivity contribution in [3.05, 3.63) is 0 Å². The second-order valence-electron chi connectivity index (χ2n) is 11.9. The molecule has 4 aliphatic heterocycles. The number of aliphatic hydroxyl groups is 13. The Hall–Kier alpha value is -1.33. The molecule has 22 nitrogen and oxygen atoms in total. The van der Waals surface area contributed by atoms with E-state index in [0.29, 0.717) is 0 Å². The standard InChI is InChI=1S/C26H45NO21/c1-6(32)27-11-14(35)20(46-25-18(39)15(36)12(33)7(2-28)43-25)10(5-31)45-24(11)48-22-13(34)8(3-29)44-26(19(22)40)47-21-9(4-30)42-23(41)17(38)16(21)37/h7-26,28-31,33-41H,2-5H2,1H3,(H,27,32)/t7?,8?,9?,10?,11?,12-,13-,14+,15-,16+,17?,18?,19?,20+,21+,22-,23?,24-,25-,26-/m0/s1. The quantitative estimate of drug-likeness (QED) is 0.0947. The van der Waals surface area contributed by atoms with Gasteiger partial charge in [-0.2, -0.15) is 0 Å². The first-order valence-electron chi connectivity index (χ1n) is 15.1. The third kappa shape index (κ3) is 8.08. The predicted molar refractivity (Wildman–Crippen MR) is 145 cm³/mol. The lowest BCUT2D eigenvalue weighted by Gasteiger charge is -2.49. The van der Waals surface area contributed by atoms with Crippen LogP contribution < -0.4 is 5.32 Å². The number of hydrogen-bond donors (Lipinski definition) is 14. The molecule has 4 aliphatic rings. The maximum atomic E-state index is 12.2. The van der Waals surface area contributed by atoms with Gasteiger partial charge in [-0.15, -0.1) is 0 Å². The highest BCUT2D eigenvalue weighted by molar-refractivity contribution is 5.73. The molecule has 0 aliphatic carbocycles. The van der Waals surface area contributed by atoms with Gasteiger partial charge in [0.1, 0.15) is 97.6 Å². The summed E-state index contributed by atoms with van der Waals surface area (Å²) in [5.41, 5.74) is 0. The number of ether oxygens (including phenoxy) is 7. The zero-order chi connectivity index (χ0) is 35.6. The van der Waals surface area contributed by atoms with Crippen molar-refractivity contribution in [2.24, 2.45) is 0 Å². The van der Waals surface area contributed by atoms with Crippen molar-refractivity contribution in [3.63, 3.8) is 0 Å². The highest BCUT2D eigenvalue weighted by Gasteiger charge is 2.55. The fourth-order valence-electron chi connectivity index (χ4n) is 5.95. The van der Waals surface area contributed by atoms with E-state index >= 15 is 0 Å². The number of rotatable bonds is 11. The highest BCUT2D eigenvalue weighted by atomic mass is 16.8. The molecule has 4 fully saturated rings. The number of carbonyl (C=O) groups excluding carboxylic acids is 1. The van der Waals surface area contributed by atoms with Crippen molar-refractivity contribution in [2.75, 3.05) is 26.4 Å². The molecule has 4 rings (SSSR count). The molecule has 280 valence electrons. The van der Waals surface area contributed by atoms with Gasteiger partial charge in [-0.3, -0.25) is 4.79 Å². The summed E-state index contributed by atoms with van der Waals surface area (Å²) in [6.45, 7) is -2.37. The van der Waals surface area contributed by atoms with Crippen LogP contribution in [0.15, 0.2) is 0 Å². The Morgan fingerprint density at radius 3 is 1.50 bits per heavy atom. The molecule has 0 spiro atoms. The van der Waals surface area contributed by atoms with Crippen LogP contribution in [0.3, 0.4) is 0 Å². The molecule has 14 N–H and O–H groups in total. The Morgan fingerprint density at radius 2 is 0.958 bits per heavy atom. The molecule has 0 radical (unpaired) electrons. The van der Waals surface area contributed by atoms with Crippen molar-refractivity contribution in [1.82, 2.24) is 5.32 Å². The van der Waals surface area contributed by atoms with Gasteiger partial charge in [0.2, 0.25) is 5.91 Å². The fraction of sp³-hybridized carbons (Fsp3) is 0.962. The van der Waals surface area contributed by atoms with Crippen molar-refractivity contribution in [2.45, 2.75) is 130 Å². The van der Waals surface area contributed by atoms with Crippen LogP contribution in [-0.4, -0.2) is 221 Å². The first kappa shape index (κ1) is 39.5. The summed E-state index contributed by atoms with van der Waals surface area (Å²) in [6.07, 6.45) is -33.5. The van der Waals surface area contributed by atoms with Gasteiger partial charge in [-0.05, 0) is 0 Å².